The van der Waals surface area contributed by atoms with Crippen LogP contribution >= 0.6 is 0 Å². The molecule has 1 heteroatoms. The smallest absolute Gasteiger partial charge is 0.0664 e. The van der Waals surface area contributed by atoms with Crippen LogP contribution in [-0.2, 0) is 6.42 Å². The average molecular weight is 145 g/mol. The van der Waals surface area contributed by atoms with Gasteiger partial charge in [-0.1, -0.05) is 11.6 Å². The first-order chi connectivity index (χ1) is 5.25. The molecular formula is C10H11N. The summed E-state index contributed by atoms with van der Waals surface area (Å²) >= 11 is 0. The first-order valence-electron chi connectivity index (χ1n) is 3.88. The molecule has 0 saturated heterocycles. The molecular weight excluding hydrogens is 134 g/mol. The van der Waals surface area contributed by atoms with E-state index in [0.717, 1.165) is 12.1 Å². The van der Waals surface area contributed by atoms with Gasteiger partial charge in [-0.05, 0) is 37.5 Å². The van der Waals surface area contributed by atoms with Crippen LogP contribution in [-0.4, -0.2) is 4.98 Å². The lowest BCUT2D eigenvalue weighted by Gasteiger charge is -1.97. The summed E-state index contributed by atoms with van der Waals surface area (Å²) in [4.78, 5) is 4.33. The predicted molar refractivity (Wildman–Crippen MR) is 46.3 cm³/mol. The third kappa shape index (κ3) is 1.07. The fourth-order valence-corrected chi connectivity index (χ4v) is 1.50. The van der Waals surface area contributed by atoms with Gasteiger partial charge in [0.25, 0.3) is 0 Å². The van der Waals surface area contributed by atoms with Crippen molar-refractivity contribution in [2.24, 2.45) is 0 Å². The van der Waals surface area contributed by atoms with Gasteiger partial charge in [-0.25, -0.2) is 0 Å². The highest BCUT2D eigenvalue weighted by Gasteiger charge is 2.09. The van der Waals surface area contributed by atoms with E-state index in [1.54, 1.807) is 0 Å². The van der Waals surface area contributed by atoms with E-state index in [-0.39, 0.29) is 0 Å². The van der Waals surface area contributed by atoms with Crippen LogP contribution in [0.25, 0.3) is 6.08 Å². The molecule has 0 radical (unpaired) electrons. The quantitative estimate of drug-likeness (QED) is 0.546. The van der Waals surface area contributed by atoms with E-state index < -0.39 is 0 Å². The molecule has 11 heavy (non-hydrogen) atoms. The third-order valence-corrected chi connectivity index (χ3v) is 1.99. The van der Waals surface area contributed by atoms with Gasteiger partial charge >= 0.3 is 0 Å². The van der Waals surface area contributed by atoms with Crippen LogP contribution in [0.3, 0.4) is 0 Å². The first kappa shape index (κ1) is 6.59. The monoisotopic (exact) mass is 145 g/mol. The second-order valence-electron chi connectivity index (χ2n) is 3.22. The number of hydrogen-bond donors (Lipinski definition) is 0. The molecule has 0 bridgehead atoms. The van der Waals surface area contributed by atoms with Crippen molar-refractivity contribution in [3.05, 3.63) is 34.7 Å². The van der Waals surface area contributed by atoms with E-state index in [0.29, 0.717) is 0 Å². The Hall–Kier alpha value is -1.11. The Labute approximate surface area is 66.8 Å². The lowest BCUT2D eigenvalue weighted by Crippen LogP contribution is -1.87. The van der Waals surface area contributed by atoms with Crippen LogP contribution in [0.4, 0.5) is 0 Å². The average Bonchev–Trinajstić information content (AvgIpc) is 2.27. The highest BCUT2D eigenvalue weighted by Crippen LogP contribution is 2.22. The third-order valence-electron chi connectivity index (χ3n) is 1.99. The maximum absolute atomic E-state index is 4.33. The summed E-state index contributed by atoms with van der Waals surface area (Å²) < 4.78 is 0. The Morgan fingerprint density at radius 3 is 3.00 bits per heavy atom. The molecule has 0 saturated carbocycles. The summed E-state index contributed by atoms with van der Waals surface area (Å²) in [5, 5.41) is 0. The number of hydrogen-bond acceptors (Lipinski definition) is 1. The van der Waals surface area contributed by atoms with Gasteiger partial charge in [0.2, 0.25) is 0 Å². The molecule has 1 aliphatic rings. The van der Waals surface area contributed by atoms with Gasteiger partial charge in [0.1, 0.15) is 0 Å². The second-order valence-corrected chi connectivity index (χ2v) is 3.22. The zero-order chi connectivity index (χ0) is 7.84. The molecule has 0 unspecified atom stereocenters. The van der Waals surface area contributed by atoms with Crippen molar-refractivity contribution in [1.82, 2.24) is 4.98 Å². The molecule has 2 rings (SSSR count). The minimum Gasteiger partial charge on any atom is -0.256 e. The molecule has 1 aromatic rings. The fourth-order valence-electron chi connectivity index (χ4n) is 1.50. The lowest BCUT2D eigenvalue weighted by molar-refractivity contribution is 1.14. The maximum Gasteiger partial charge on any atom is 0.0664 e. The molecule has 0 aromatic carbocycles. The van der Waals surface area contributed by atoms with E-state index in [4.69, 9.17) is 0 Å². The number of rotatable bonds is 0. The van der Waals surface area contributed by atoms with Crippen LogP contribution in [0, 0.1) is 6.92 Å². The Morgan fingerprint density at radius 1 is 1.36 bits per heavy atom. The van der Waals surface area contributed by atoms with E-state index >= 15 is 0 Å². The van der Waals surface area contributed by atoms with Gasteiger partial charge in [-0.2, -0.15) is 0 Å². The van der Waals surface area contributed by atoms with Crippen LogP contribution < -0.4 is 0 Å². The number of aryl methyl sites for hydroxylation is 1. The Morgan fingerprint density at radius 2 is 2.18 bits per heavy atom. The maximum atomic E-state index is 4.33. The van der Waals surface area contributed by atoms with Gasteiger partial charge < -0.3 is 0 Å². The number of aromatic nitrogens is 1. The second kappa shape index (κ2) is 2.19. The minimum atomic E-state index is 1.09. The standard InChI is InChI=1S/C10H11N/c1-7-3-9-4-8(2)6-11-10(9)5-7/h4-6H,3H2,1-2H3. The zero-order valence-electron chi connectivity index (χ0n) is 6.89. The summed E-state index contributed by atoms with van der Waals surface area (Å²) in [6.07, 6.45) is 5.17. The number of pyridine rings is 1. The molecule has 0 spiro atoms. The summed E-state index contributed by atoms with van der Waals surface area (Å²) in [7, 11) is 0. The van der Waals surface area contributed by atoms with Crippen LogP contribution in [0.5, 0.6) is 0 Å². The number of allylic oxidation sites excluding steroid dienone is 1. The fraction of sp³-hybridized carbons (Fsp3) is 0.300. The van der Waals surface area contributed by atoms with Gasteiger partial charge in [0.05, 0.1) is 5.69 Å². The van der Waals surface area contributed by atoms with E-state index in [9.17, 15) is 0 Å². The van der Waals surface area contributed by atoms with Crippen molar-refractivity contribution in [1.29, 1.82) is 0 Å². The SMILES string of the molecule is CC1=Cc2ncc(C)cc2C1. The summed E-state index contributed by atoms with van der Waals surface area (Å²) in [5.41, 5.74) is 5.21. The van der Waals surface area contributed by atoms with E-state index in [2.05, 4.69) is 31.0 Å². The molecule has 0 fully saturated rings. The Kier molecular flexibility index (Phi) is 1.31. The van der Waals surface area contributed by atoms with Crippen molar-refractivity contribution < 1.29 is 0 Å². The van der Waals surface area contributed by atoms with Crippen molar-refractivity contribution in [3.8, 4) is 0 Å². The Bertz CT molecular complexity index is 324. The van der Waals surface area contributed by atoms with Gasteiger partial charge in [0, 0.05) is 6.20 Å². The topological polar surface area (TPSA) is 12.9 Å². The number of nitrogens with zero attached hydrogens (tertiary/aromatic N) is 1. The normalized spacial score (nSPS) is 14.5. The molecule has 0 aliphatic heterocycles. The summed E-state index contributed by atoms with van der Waals surface area (Å²) in [5.74, 6) is 0. The Balaban J connectivity index is 2.52. The molecule has 1 heterocycles. The highest BCUT2D eigenvalue weighted by molar-refractivity contribution is 5.59. The van der Waals surface area contributed by atoms with Crippen LogP contribution in [0.1, 0.15) is 23.7 Å². The van der Waals surface area contributed by atoms with E-state index in [1.807, 2.05) is 6.20 Å². The van der Waals surface area contributed by atoms with Gasteiger partial charge in [-0.3, -0.25) is 4.98 Å². The molecule has 56 valence electrons. The summed E-state index contributed by atoms with van der Waals surface area (Å²) in [6, 6.07) is 2.22. The van der Waals surface area contributed by atoms with Crippen LogP contribution in [0.2, 0.25) is 0 Å². The molecule has 0 atom stereocenters. The van der Waals surface area contributed by atoms with Gasteiger partial charge in [-0.15, -0.1) is 0 Å². The van der Waals surface area contributed by atoms with Gasteiger partial charge in [0.15, 0.2) is 0 Å². The van der Waals surface area contributed by atoms with Crippen molar-refractivity contribution >= 4 is 6.08 Å². The summed E-state index contributed by atoms with van der Waals surface area (Å²) in [6.45, 7) is 4.23. The number of fused-ring (bicyclic) bond motifs is 1. The minimum absolute atomic E-state index is 1.09. The molecule has 1 aliphatic carbocycles. The molecule has 0 amide bonds. The lowest BCUT2D eigenvalue weighted by atomic mass is 10.1. The molecule has 0 N–H and O–H groups in total. The van der Waals surface area contributed by atoms with Crippen molar-refractivity contribution in [2.75, 3.05) is 0 Å². The van der Waals surface area contributed by atoms with Crippen molar-refractivity contribution in [3.63, 3.8) is 0 Å². The van der Waals surface area contributed by atoms with Crippen molar-refractivity contribution in [2.45, 2.75) is 20.3 Å². The zero-order valence-corrected chi connectivity index (χ0v) is 6.89. The first-order valence-corrected chi connectivity index (χ1v) is 3.88. The predicted octanol–water partition coefficient (Wildman–Crippen LogP) is 2.35. The largest absolute Gasteiger partial charge is 0.256 e. The van der Waals surface area contributed by atoms with Crippen LogP contribution in [0.15, 0.2) is 17.8 Å². The highest BCUT2D eigenvalue weighted by atomic mass is 14.7. The molecule has 1 nitrogen and oxygen atoms in total. The van der Waals surface area contributed by atoms with E-state index in [1.165, 1.54) is 16.7 Å². The molecule has 1 aromatic heterocycles.